The zero-order valence-electron chi connectivity index (χ0n) is 12.9. The lowest BCUT2D eigenvalue weighted by atomic mass is 10.1. The molecular weight excluding hydrogens is 314 g/mol. The zero-order valence-corrected chi connectivity index (χ0v) is 13.7. The van der Waals surface area contributed by atoms with E-state index in [9.17, 15) is 9.59 Å². The van der Waals surface area contributed by atoms with Crippen molar-refractivity contribution >= 4 is 23.3 Å². The minimum absolute atomic E-state index is 0.133. The van der Waals surface area contributed by atoms with Crippen molar-refractivity contribution in [1.29, 1.82) is 0 Å². The third-order valence-electron chi connectivity index (χ3n) is 3.39. The molecule has 0 radical (unpaired) electrons. The Morgan fingerprint density at radius 1 is 1.30 bits per heavy atom. The molecule has 0 aliphatic heterocycles. The van der Waals surface area contributed by atoms with E-state index in [4.69, 9.17) is 5.11 Å². The summed E-state index contributed by atoms with van der Waals surface area (Å²) in [5.74, 6) is -0.958. The van der Waals surface area contributed by atoms with Gasteiger partial charge in [0.15, 0.2) is 0 Å². The van der Waals surface area contributed by atoms with Gasteiger partial charge in [-0.05, 0) is 24.6 Å². The number of nitrogens with zero attached hydrogens (tertiary/aromatic N) is 2. The van der Waals surface area contributed by atoms with Crippen molar-refractivity contribution in [3.05, 3.63) is 52.0 Å². The van der Waals surface area contributed by atoms with Crippen LogP contribution in [0.5, 0.6) is 0 Å². The molecule has 6 nitrogen and oxygen atoms in total. The fourth-order valence-electron chi connectivity index (χ4n) is 2.06. The average molecular weight is 333 g/mol. The lowest BCUT2D eigenvalue weighted by Crippen LogP contribution is -2.40. The first-order valence-electron chi connectivity index (χ1n) is 7.33. The largest absolute Gasteiger partial charge is 0.478 e. The van der Waals surface area contributed by atoms with Gasteiger partial charge in [0, 0.05) is 37.6 Å². The summed E-state index contributed by atoms with van der Waals surface area (Å²) in [6.45, 7) is 3.54. The first-order chi connectivity index (χ1) is 11.1. The summed E-state index contributed by atoms with van der Waals surface area (Å²) in [6, 6.07) is 6.34. The smallest absolute Gasteiger partial charge is 0.335 e. The van der Waals surface area contributed by atoms with E-state index in [0.717, 1.165) is 17.0 Å². The molecule has 0 saturated heterocycles. The third-order valence-corrected chi connectivity index (χ3v) is 4.23. The van der Waals surface area contributed by atoms with Gasteiger partial charge in [-0.15, -0.1) is 11.3 Å². The molecule has 2 aromatic rings. The molecule has 0 fully saturated rings. The second kappa shape index (κ2) is 8.28. The van der Waals surface area contributed by atoms with Gasteiger partial charge >= 0.3 is 12.0 Å². The van der Waals surface area contributed by atoms with Crippen molar-refractivity contribution in [3.8, 4) is 0 Å². The number of aromatic nitrogens is 1. The molecule has 2 rings (SSSR count). The highest BCUT2D eigenvalue weighted by Gasteiger charge is 2.12. The molecule has 0 aliphatic rings. The first kappa shape index (κ1) is 17.0. The van der Waals surface area contributed by atoms with Gasteiger partial charge in [0.25, 0.3) is 0 Å². The van der Waals surface area contributed by atoms with Crippen LogP contribution >= 0.6 is 11.3 Å². The highest BCUT2D eigenvalue weighted by atomic mass is 32.1. The summed E-state index contributed by atoms with van der Waals surface area (Å²) in [6.07, 6.45) is 2.50. The normalized spacial score (nSPS) is 10.3. The summed E-state index contributed by atoms with van der Waals surface area (Å²) in [5, 5.41) is 14.6. The van der Waals surface area contributed by atoms with E-state index in [2.05, 4.69) is 10.3 Å². The minimum Gasteiger partial charge on any atom is -0.478 e. The molecule has 0 atom stereocenters. The maximum atomic E-state index is 12.2. The SMILES string of the molecule is CCN(CCc1nccs1)C(=O)NCc1ccc(C(=O)O)cc1. The minimum atomic E-state index is -0.958. The topological polar surface area (TPSA) is 82.5 Å². The van der Waals surface area contributed by atoms with Gasteiger partial charge in [-0.25, -0.2) is 14.6 Å². The number of carbonyl (C=O) groups excluding carboxylic acids is 1. The van der Waals surface area contributed by atoms with Crippen LogP contribution in [0.15, 0.2) is 35.8 Å². The second-order valence-corrected chi connectivity index (χ2v) is 5.90. The molecule has 0 bridgehead atoms. The molecule has 122 valence electrons. The zero-order chi connectivity index (χ0) is 16.7. The number of carboxylic acids is 1. The Hall–Kier alpha value is -2.41. The summed E-state index contributed by atoms with van der Waals surface area (Å²) in [7, 11) is 0. The monoisotopic (exact) mass is 333 g/mol. The van der Waals surface area contributed by atoms with E-state index in [1.54, 1.807) is 34.6 Å². The lowest BCUT2D eigenvalue weighted by molar-refractivity contribution is 0.0697. The van der Waals surface area contributed by atoms with Gasteiger partial charge in [-0.3, -0.25) is 0 Å². The number of benzene rings is 1. The van der Waals surface area contributed by atoms with Crippen LogP contribution in [0.25, 0.3) is 0 Å². The predicted molar refractivity (Wildman–Crippen MR) is 88.7 cm³/mol. The van der Waals surface area contributed by atoms with E-state index in [0.29, 0.717) is 19.6 Å². The molecule has 1 aromatic heterocycles. The van der Waals surface area contributed by atoms with Gasteiger partial charge in [0.2, 0.25) is 0 Å². The van der Waals surface area contributed by atoms with Crippen LogP contribution in [0, 0.1) is 0 Å². The van der Waals surface area contributed by atoms with Crippen LogP contribution in [0.4, 0.5) is 4.79 Å². The number of likely N-dealkylation sites (N-methyl/N-ethyl adjacent to an activating group) is 1. The van der Waals surface area contributed by atoms with Crippen LogP contribution in [-0.2, 0) is 13.0 Å². The number of carboxylic acid groups (broad SMARTS) is 1. The molecule has 2 amide bonds. The summed E-state index contributed by atoms with van der Waals surface area (Å²) >= 11 is 1.58. The van der Waals surface area contributed by atoms with Crippen LogP contribution in [0.2, 0.25) is 0 Å². The van der Waals surface area contributed by atoms with E-state index >= 15 is 0 Å². The number of hydrogen-bond acceptors (Lipinski definition) is 4. The Morgan fingerprint density at radius 3 is 2.61 bits per heavy atom. The fourth-order valence-corrected chi connectivity index (χ4v) is 2.67. The Morgan fingerprint density at radius 2 is 2.04 bits per heavy atom. The van der Waals surface area contributed by atoms with Crippen molar-refractivity contribution in [2.45, 2.75) is 19.9 Å². The number of nitrogens with one attached hydrogen (secondary N) is 1. The predicted octanol–water partition coefficient (Wildman–Crippen LogP) is 2.62. The molecule has 1 heterocycles. The summed E-state index contributed by atoms with van der Waals surface area (Å²) < 4.78 is 0. The highest BCUT2D eigenvalue weighted by Crippen LogP contribution is 2.07. The number of carbonyl (C=O) groups is 2. The Labute approximate surface area is 138 Å². The van der Waals surface area contributed by atoms with E-state index < -0.39 is 5.97 Å². The molecule has 23 heavy (non-hydrogen) atoms. The van der Waals surface area contributed by atoms with Crippen LogP contribution in [0.3, 0.4) is 0 Å². The van der Waals surface area contributed by atoms with Crippen molar-refractivity contribution < 1.29 is 14.7 Å². The third kappa shape index (κ3) is 5.07. The number of rotatable bonds is 7. The standard InChI is InChI=1S/C16H19N3O3S/c1-2-19(9-7-14-17-8-10-23-14)16(22)18-11-12-3-5-13(6-4-12)15(20)21/h3-6,8,10H,2,7,9,11H2,1H3,(H,18,22)(H,20,21). The number of amides is 2. The van der Waals surface area contributed by atoms with Crippen molar-refractivity contribution in [2.75, 3.05) is 13.1 Å². The quantitative estimate of drug-likeness (QED) is 0.816. The van der Waals surface area contributed by atoms with Gasteiger partial charge in [-0.2, -0.15) is 0 Å². The van der Waals surface area contributed by atoms with Crippen LogP contribution in [0.1, 0.15) is 27.9 Å². The van der Waals surface area contributed by atoms with Gasteiger partial charge in [0.1, 0.15) is 0 Å². The Balaban J connectivity index is 1.83. The Bertz CT molecular complexity index is 641. The van der Waals surface area contributed by atoms with Crippen molar-refractivity contribution in [1.82, 2.24) is 15.2 Å². The van der Waals surface area contributed by atoms with Crippen LogP contribution in [-0.4, -0.2) is 40.1 Å². The van der Waals surface area contributed by atoms with Gasteiger partial charge < -0.3 is 15.3 Å². The Kier molecular flexibility index (Phi) is 6.10. The van der Waals surface area contributed by atoms with Gasteiger partial charge in [0.05, 0.1) is 10.6 Å². The molecule has 1 aromatic carbocycles. The van der Waals surface area contributed by atoms with Crippen LogP contribution < -0.4 is 5.32 Å². The molecule has 0 spiro atoms. The number of aromatic carboxylic acids is 1. The number of hydrogen-bond donors (Lipinski definition) is 2. The molecule has 0 saturated carbocycles. The number of urea groups is 1. The second-order valence-electron chi connectivity index (χ2n) is 4.92. The molecule has 7 heteroatoms. The van der Waals surface area contributed by atoms with E-state index in [-0.39, 0.29) is 11.6 Å². The van der Waals surface area contributed by atoms with E-state index in [1.807, 2.05) is 12.3 Å². The molecular formula is C16H19N3O3S. The van der Waals surface area contributed by atoms with E-state index in [1.165, 1.54) is 12.1 Å². The highest BCUT2D eigenvalue weighted by molar-refractivity contribution is 7.09. The molecule has 0 unspecified atom stereocenters. The van der Waals surface area contributed by atoms with Crippen molar-refractivity contribution in [3.63, 3.8) is 0 Å². The van der Waals surface area contributed by atoms with Gasteiger partial charge in [-0.1, -0.05) is 12.1 Å². The maximum absolute atomic E-state index is 12.2. The fraction of sp³-hybridized carbons (Fsp3) is 0.312. The summed E-state index contributed by atoms with van der Waals surface area (Å²) in [5.41, 5.74) is 1.10. The summed E-state index contributed by atoms with van der Waals surface area (Å²) in [4.78, 5) is 28.9. The first-order valence-corrected chi connectivity index (χ1v) is 8.21. The molecule has 0 aliphatic carbocycles. The molecule has 2 N–H and O–H groups in total. The van der Waals surface area contributed by atoms with Crippen molar-refractivity contribution in [2.24, 2.45) is 0 Å². The lowest BCUT2D eigenvalue weighted by Gasteiger charge is -2.21. The maximum Gasteiger partial charge on any atom is 0.335 e. The number of thiazole rings is 1. The average Bonchev–Trinajstić information content (AvgIpc) is 3.07.